The number of nitrogens with zero attached hydrogens (tertiary/aromatic N) is 2. The maximum absolute atomic E-state index is 13.7. The second-order valence-electron chi connectivity index (χ2n) is 11.6. The Morgan fingerprint density at radius 2 is 1.35 bits per heavy atom. The highest BCUT2D eigenvalue weighted by molar-refractivity contribution is 5.92. The highest BCUT2D eigenvalue weighted by atomic mass is 19.4. The Labute approximate surface area is 262 Å². The monoisotopic (exact) mass is 654 g/mol. The van der Waals surface area contributed by atoms with Crippen LogP contribution in [0, 0.1) is 6.92 Å². The number of hydrogen-bond donors (Lipinski definition) is 2. The molecule has 2 N–H and O–H groups in total. The number of likely N-dealkylation sites (N-methyl/N-ethyl adjacent to an activating group) is 1. The van der Waals surface area contributed by atoms with Crippen molar-refractivity contribution in [1.82, 2.24) is 9.47 Å². The Hall–Kier alpha value is -3.93. The first kappa shape index (κ1) is 34.9. The van der Waals surface area contributed by atoms with Gasteiger partial charge >= 0.3 is 12.4 Å². The Kier molecular flexibility index (Phi) is 10.8. The Morgan fingerprint density at radius 3 is 1.98 bits per heavy atom. The fourth-order valence-corrected chi connectivity index (χ4v) is 5.52. The van der Waals surface area contributed by atoms with Gasteiger partial charge in [-0.25, -0.2) is 4.39 Å². The van der Waals surface area contributed by atoms with Gasteiger partial charge in [-0.1, -0.05) is 25.0 Å². The number of phenols is 2. The van der Waals surface area contributed by atoms with Crippen LogP contribution in [0.2, 0.25) is 0 Å². The molecule has 0 radical (unpaired) electrons. The summed E-state index contributed by atoms with van der Waals surface area (Å²) in [5.74, 6) is 1.01. The molecule has 0 saturated carbocycles. The number of ether oxygens (including phenoxy) is 1. The molecular weight excluding hydrogens is 617 g/mol. The molecule has 0 bridgehead atoms. The quantitative estimate of drug-likeness (QED) is 0.105. The molecule has 0 saturated heterocycles. The van der Waals surface area contributed by atoms with E-state index in [4.69, 9.17) is 4.74 Å². The highest BCUT2D eigenvalue weighted by Gasteiger charge is 2.71. The summed E-state index contributed by atoms with van der Waals surface area (Å²) in [5, 5.41) is 20.8. The molecular formula is C34H37F7N2O3. The number of alkyl halides is 7. The van der Waals surface area contributed by atoms with E-state index in [0.717, 1.165) is 33.3 Å². The van der Waals surface area contributed by atoms with Gasteiger partial charge in [-0.15, -0.1) is 0 Å². The van der Waals surface area contributed by atoms with Crippen LogP contribution in [0.5, 0.6) is 17.2 Å². The second-order valence-corrected chi connectivity index (χ2v) is 11.6. The zero-order valence-corrected chi connectivity index (χ0v) is 25.6. The van der Waals surface area contributed by atoms with Crippen LogP contribution in [0.1, 0.15) is 43.2 Å². The van der Waals surface area contributed by atoms with E-state index in [1.165, 1.54) is 0 Å². The topological polar surface area (TPSA) is 57.9 Å². The van der Waals surface area contributed by atoms with E-state index < -0.39 is 30.9 Å². The minimum atomic E-state index is -5.99. The zero-order chi connectivity index (χ0) is 33.7. The summed E-state index contributed by atoms with van der Waals surface area (Å²) in [5.41, 5.74) is -0.291. The van der Waals surface area contributed by atoms with Gasteiger partial charge in [0.1, 0.15) is 23.9 Å². The largest absolute Gasteiger partial charge is 0.508 e. The molecule has 0 amide bonds. The van der Waals surface area contributed by atoms with E-state index in [1.807, 2.05) is 61.3 Å². The third kappa shape index (κ3) is 8.07. The third-order valence-corrected chi connectivity index (χ3v) is 8.16. The lowest BCUT2D eigenvalue weighted by Gasteiger charge is -2.29. The summed E-state index contributed by atoms with van der Waals surface area (Å²) in [6.07, 6.45) is -13.1. The molecule has 46 heavy (non-hydrogen) atoms. The predicted octanol–water partition coefficient (Wildman–Crippen LogP) is 9.17. The summed E-state index contributed by atoms with van der Waals surface area (Å²) in [7, 11) is 1.83. The van der Waals surface area contributed by atoms with Crippen molar-refractivity contribution in [2.75, 3.05) is 26.7 Å². The van der Waals surface area contributed by atoms with Crippen molar-refractivity contribution < 1.29 is 45.7 Å². The number of aromatic nitrogens is 1. The van der Waals surface area contributed by atoms with Gasteiger partial charge in [0.05, 0.1) is 5.69 Å². The van der Waals surface area contributed by atoms with Crippen molar-refractivity contribution >= 4 is 10.9 Å². The smallest absolute Gasteiger partial charge is 0.431 e. The van der Waals surface area contributed by atoms with E-state index in [9.17, 15) is 40.9 Å². The zero-order valence-electron chi connectivity index (χ0n) is 25.6. The Morgan fingerprint density at radius 1 is 0.739 bits per heavy atom. The average Bonchev–Trinajstić information content (AvgIpc) is 3.24. The molecule has 0 fully saturated rings. The van der Waals surface area contributed by atoms with Crippen LogP contribution in [0.3, 0.4) is 0 Å². The van der Waals surface area contributed by atoms with E-state index in [2.05, 4.69) is 4.57 Å². The third-order valence-electron chi connectivity index (χ3n) is 8.16. The summed E-state index contributed by atoms with van der Waals surface area (Å²) in [6.45, 7) is 4.03. The minimum absolute atomic E-state index is 0.0613. The van der Waals surface area contributed by atoms with Crippen molar-refractivity contribution in [1.29, 1.82) is 0 Å². The highest BCUT2D eigenvalue weighted by Crippen LogP contribution is 2.49. The van der Waals surface area contributed by atoms with Crippen molar-refractivity contribution in [2.24, 2.45) is 0 Å². The van der Waals surface area contributed by atoms with Crippen LogP contribution in [-0.4, -0.2) is 64.4 Å². The number of benzene rings is 3. The van der Waals surface area contributed by atoms with E-state index >= 15 is 0 Å². The summed E-state index contributed by atoms with van der Waals surface area (Å²) in [4.78, 5) is 1.95. The molecule has 5 nitrogen and oxygen atoms in total. The normalized spacial score (nSPS) is 12.7. The van der Waals surface area contributed by atoms with Gasteiger partial charge in [-0.2, -0.15) is 26.3 Å². The first-order valence-corrected chi connectivity index (χ1v) is 14.9. The van der Waals surface area contributed by atoms with Gasteiger partial charge in [-0.3, -0.25) is 0 Å². The second kappa shape index (κ2) is 14.2. The number of fused-ring (bicyclic) bond motifs is 1. The first-order chi connectivity index (χ1) is 21.6. The van der Waals surface area contributed by atoms with Crippen molar-refractivity contribution in [2.45, 2.75) is 63.6 Å². The van der Waals surface area contributed by atoms with Gasteiger partial charge < -0.3 is 24.4 Å². The van der Waals surface area contributed by atoms with Gasteiger partial charge in [0.2, 0.25) is 0 Å². The molecule has 0 aliphatic carbocycles. The maximum Gasteiger partial charge on any atom is 0.431 e. The molecule has 1 heterocycles. The molecule has 12 heteroatoms. The summed E-state index contributed by atoms with van der Waals surface area (Å²) >= 11 is 0. The van der Waals surface area contributed by atoms with Crippen LogP contribution < -0.4 is 4.74 Å². The van der Waals surface area contributed by atoms with Crippen LogP contribution >= 0.6 is 0 Å². The first-order valence-electron chi connectivity index (χ1n) is 14.9. The van der Waals surface area contributed by atoms with Gasteiger partial charge in [0.15, 0.2) is 0 Å². The molecule has 0 spiro atoms. The van der Waals surface area contributed by atoms with Gasteiger partial charge in [0, 0.05) is 24.0 Å². The number of hydrogen-bond acceptors (Lipinski definition) is 4. The molecule has 4 rings (SSSR count). The number of halogens is 7. The lowest BCUT2D eigenvalue weighted by atomic mass is 9.96. The van der Waals surface area contributed by atoms with Gasteiger partial charge in [-0.05, 0) is 111 Å². The molecule has 0 unspecified atom stereocenters. The van der Waals surface area contributed by atoms with Crippen LogP contribution in [0.4, 0.5) is 30.7 Å². The molecule has 3 aromatic carbocycles. The van der Waals surface area contributed by atoms with Crippen LogP contribution in [0.15, 0.2) is 66.7 Å². The van der Waals surface area contributed by atoms with Gasteiger partial charge in [0.25, 0.3) is 5.67 Å². The van der Waals surface area contributed by atoms with Crippen LogP contribution in [-0.2, 0) is 6.54 Å². The Bertz CT molecular complexity index is 1570. The standard InChI is InChI=1S/C34H37F7N2O3/c1-23-29-21-27(45)13-16-30(29)43(31(23)25-9-11-26(44)12-10-25)22-24-7-14-28(15-8-24)46-20-19-42(2)18-6-4-3-5-17-32(35,33(36,37)38)34(39,40)41/h7-16,21,44-45H,3-6,17-20,22H2,1-2H3. The number of phenolic OH excluding ortho intramolecular Hbond substituents is 2. The van der Waals surface area contributed by atoms with Crippen molar-refractivity contribution in [3.63, 3.8) is 0 Å². The summed E-state index contributed by atoms with van der Waals surface area (Å²) < 4.78 is 97.6. The van der Waals surface area contributed by atoms with E-state index in [1.54, 1.807) is 24.3 Å². The molecule has 0 aliphatic heterocycles. The lowest BCUT2D eigenvalue weighted by Crippen LogP contribution is -2.53. The van der Waals surface area contributed by atoms with E-state index in [0.29, 0.717) is 44.8 Å². The fourth-order valence-electron chi connectivity index (χ4n) is 5.52. The van der Waals surface area contributed by atoms with Crippen molar-refractivity contribution in [3.8, 4) is 28.5 Å². The SMILES string of the molecule is Cc1c(-c2ccc(O)cc2)n(Cc2ccc(OCCN(C)CCCCCCC(F)(C(F)(F)F)C(F)(F)F)cc2)c2ccc(O)cc12. The van der Waals surface area contributed by atoms with E-state index in [-0.39, 0.29) is 17.9 Å². The maximum atomic E-state index is 13.7. The molecule has 1 aromatic heterocycles. The number of aryl methyl sites for hydroxylation is 1. The number of unbranched alkanes of at least 4 members (excludes halogenated alkanes) is 3. The molecule has 0 atom stereocenters. The minimum Gasteiger partial charge on any atom is -0.508 e. The Balaban J connectivity index is 1.26. The molecule has 250 valence electrons. The lowest BCUT2D eigenvalue weighted by molar-refractivity contribution is -0.343. The number of aromatic hydroxyl groups is 2. The predicted molar refractivity (Wildman–Crippen MR) is 163 cm³/mol. The summed E-state index contributed by atoms with van der Waals surface area (Å²) in [6, 6.07) is 19.9. The molecule has 4 aromatic rings. The fraction of sp³-hybridized carbons (Fsp3) is 0.412. The number of rotatable bonds is 14. The molecule has 0 aliphatic rings. The van der Waals surface area contributed by atoms with Crippen molar-refractivity contribution in [3.05, 3.63) is 77.9 Å². The van der Waals surface area contributed by atoms with Crippen LogP contribution in [0.25, 0.3) is 22.2 Å². The average molecular weight is 655 g/mol.